The van der Waals surface area contributed by atoms with Crippen LogP contribution in [0.3, 0.4) is 0 Å². The van der Waals surface area contributed by atoms with Gasteiger partial charge in [-0.1, -0.05) is 70.8 Å². The predicted octanol–water partition coefficient (Wildman–Crippen LogP) is 13.1. The van der Waals surface area contributed by atoms with Crippen LogP contribution in [-0.2, 0) is 45.1 Å². The van der Waals surface area contributed by atoms with E-state index in [9.17, 15) is 0 Å². The molecular formula is C54H68Br2N8O4Pt2. The number of rotatable bonds is 8. The second-order valence-corrected chi connectivity index (χ2v) is 27.6. The first kappa shape index (κ1) is 59.8. The van der Waals surface area contributed by atoms with E-state index < -0.39 is 11.9 Å². The van der Waals surface area contributed by atoms with Gasteiger partial charge in [0.15, 0.2) is 0 Å². The first-order valence-corrected chi connectivity index (χ1v) is 32.3. The Labute approximate surface area is 454 Å². The zero-order valence-electron chi connectivity index (χ0n) is 42.6. The zero-order valence-corrected chi connectivity index (χ0v) is 50.4. The summed E-state index contributed by atoms with van der Waals surface area (Å²) in [6.07, 6.45) is 17.1. The monoisotopic (exact) mass is 1440 g/mol. The average molecular weight is 1440 g/mol. The molecule has 4 aliphatic heterocycles. The van der Waals surface area contributed by atoms with Crippen LogP contribution in [-0.4, -0.2) is 55.1 Å². The fourth-order valence-electron chi connectivity index (χ4n) is 9.14. The molecule has 4 aromatic carbocycles. The topological polar surface area (TPSA) is 101 Å². The van der Waals surface area contributed by atoms with Gasteiger partial charge in [-0.2, -0.15) is 0 Å². The summed E-state index contributed by atoms with van der Waals surface area (Å²) < 4.78 is 0. The van der Waals surface area contributed by atoms with E-state index >= 15 is 0 Å². The molecular weight excluding hydrogens is 1370 g/mol. The van der Waals surface area contributed by atoms with Crippen molar-refractivity contribution in [1.29, 1.82) is 0 Å². The molecule has 16 heteroatoms. The Hall–Kier alpha value is -4.48. The summed E-state index contributed by atoms with van der Waals surface area (Å²) in [5, 5.41) is 14.8. The van der Waals surface area contributed by atoms with Crippen molar-refractivity contribution in [2.45, 2.75) is 96.9 Å². The van der Waals surface area contributed by atoms with Gasteiger partial charge in [-0.05, 0) is 177 Å². The van der Waals surface area contributed by atoms with Crippen LogP contribution in [0.1, 0.15) is 80.6 Å². The molecule has 0 spiro atoms. The molecule has 2 N–H and O–H groups in total. The Morgan fingerprint density at radius 1 is 0.400 bits per heavy atom. The fraction of sp³-hybridized carbons (Fsp3) is 0.296. The molecule has 0 aliphatic carbocycles. The van der Waals surface area contributed by atoms with Gasteiger partial charge >= 0.3 is 62.1 Å². The Balaban J connectivity index is 0.000000303. The molecule has 0 saturated carbocycles. The molecule has 0 unspecified atom stereocenters. The van der Waals surface area contributed by atoms with Crippen molar-refractivity contribution in [2.75, 3.05) is 32.9 Å². The van der Waals surface area contributed by atoms with Crippen molar-refractivity contribution >= 4 is 61.3 Å². The van der Waals surface area contributed by atoms with Crippen molar-refractivity contribution < 1.29 is 55.3 Å². The number of aliphatic carboxylic acids is 2. The molecule has 12 nitrogen and oxygen atoms in total. The first-order chi connectivity index (χ1) is 32.5. The fourth-order valence-corrected chi connectivity index (χ4v) is 9.14. The van der Waals surface area contributed by atoms with Crippen LogP contribution in [0.25, 0.3) is 0 Å². The third-order valence-corrected chi connectivity index (χ3v) is 11.0. The number of aryl methyl sites for hydroxylation is 12. The molecule has 4 aliphatic rings. The van der Waals surface area contributed by atoms with Crippen LogP contribution >= 0.6 is 26.6 Å². The minimum absolute atomic E-state index is 0. The van der Waals surface area contributed by atoms with Gasteiger partial charge in [-0.15, -0.1) is 26.7 Å². The summed E-state index contributed by atoms with van der Waals surface area (Å²) >= 11 is 6.56. The molecule has 70 heavy (non-hydrogen) atoms. The van der Waals surface area contributed by atoms with E-state index in [4.69, 9.17) is 19.8 Å². The quantitative estimate of drug-likeness (QED) is 0.164. The van der Waals surface area contributed by atoms with Gasteiger partial charge in [-0.25, -0.2) is 0 Å². The molecule has 4 aromatic rings. The Morgan fingerprint density at radius 2 is 0.543 bits per heavy atom. The van der Waals surface area contributed by atoms with Crippen molar-refractivity contribution in [1.82, 2.24) is 19.6 Å². The summed E-state index contributed by atoms with van der Waals surface area (Å²) in [6, 6.07) is 18.0. The maximum absolute atomic E-state index is 9.00. The summed E-state index contributed by atoms with van der Waals surface area (Å²) in [6.45, 7) is 38.4. The molecule has 382 valence electrons. The molecule has 0 fully saturated rings. The second kappa shape index (κ2) is 27.9. The van der Waals surface area contributed by atoms with Gasteiger partial charge < -0.3 is 49.4 Å². The number of carboxylic acids is 2. The molecule has 0 saturated heterocycles. The average Bonchev–Trinajstić information content (AvgIpc) is 4.04. The molecule has 0 amide bonds. The van der Waals surface area contributed by atoms with Crippen molar-refractivity contribution in [3.63, 3.8) is 0 Å². The Kier molecular flexibility index (Phi) is 23.9. The van der Waals surface area contributed by atoms with E-state index in [1.807, 2.05) is 0 Å². The van der Waals surface area contributed by atoms with E-state index in [2.05, 4.69) is 274 Å². The van der Waals surface area contributed by atoms with Crippen LogP contribution in [0.4, 0.5) is 22.7 Å². The van der Waals surface area contributed by atoms with E-state index in [0.29, 0.717) is 0 Å². The van der Waals surface area contributed by atoms with Crippen molar-refractivity contribution in [3.8, 4) is 0 Å². The van der Waals surface area contributed by atoms with E-state index in [1.165, 1.54) is 89.5 Å². The molecule has 0 bridgehead atoms. The standard InChI is InChI=1S/2C25H30N4.2C2H4O2.2BrH.2Pt/c2*1-18-11-20(3)24(21(4)12-18)28-9-7-26(16-28)15-27-8-10-29(17-27)25-22(5)13-19(2)14-23(25)6;2*1-2(3)4;;;;/h2*7-14,16-17H,15H2,1-6H3;2*1H3,(H,3,4);2*1H;;/q2*-2;;;;;+2;+4/p-2. The number of hydrogen-bond donors (Lipinski definition) is 2. The second-order valence-electron chi connectivity index (χ2n) is 17.7. The van der Waals surface area contributed by atoms with Gasteiger partial charge in [0.2, 0.25) is 0 Å². The van der Waals surface area contributed by atoms with Crippen LogP contribution < -0.4 is 19.6 Å². The van der Waals surface area contributed by atoms with Crippen LogP contribution in [0.15, 0.2) is 98.1 Å². The minimum atomic E-state index is -0.833. The number of benzene rings is 4. The number of halogens is 2. The van der Waals surface area contributed by atoms with E-state index in [1.54, 1.807) is 0 Å². The smallest absolute Gasteiger partial charge is 2.00 e. The van der Waals surface area contributed by atoms with Crippen LogP contribution in [0, 0.1) is 110 Å². The maximum atomic E-state index is 9.00. The van der Waals surface area contributed by atoms with Gasteiger partial charge in [-0.3, -0.25) is 9.59 Å². The van der Waals surface area contributed by atoms with Crippen LogP contribution in [0.5, 0.6) is 0 Å². The number of nitrogens with zero attached hydrogens (tertiary/aromatic N) is 8. The largest absolute Gasteiger partial charge is 2.00 e. The summed E-state index contributed by atoms with van der Waals surface area (Å²) in [5.74, 6) is -1.67. The zero-order chi connectivity index (χ0) is 51.3. The van der Waals surface area contributed by atoms with Gasteiger partial charge in [0, 0.05) is 49.9 Å². The minimum Gasteiger partial charge on any atom is 2.00 e. The molecule has 4 heterocycles. The Morgan fingerprint density at radius 3 is 0.686 bits per heavy atom. The number of carbonyl (C=O) groups is 2. The van der Waals surface area contributed by atoms with Gasteiger partial charge in [0.25, 0.3) is 11.9 Å². The van der Waals surface area contributed by atoms with E-state index in [0.717, 1.165) is 27.2 Å². The third-order valence-electron chi connectivity index (χ3n) is 11.0. The summed E-state index contributed by atoms with van der Waals surface area (Å²) in [4.78, 5) is 35.7. The first-order valence-electron chi connectivity index (χ1n) is 22.3. The van der Waals surface area contributed by atoms with Crippen LogP contribution in [0.2, 0.25) is 0 Å². The summed E-state index contributed by atoms with van der Waals surface area (Å²) in [5.41, 5.74) is 20.7. The van der Waals surface area contributed by atoms with E-state index in [-0.39, 0.29) is 35.5 Å². The maximum Gasteiger partial charge on any atom is 2.00 e. The predicted molar refractivity (Wildman–Crippen MR) is 288 cm³/mol. The number of carboxylic acid groups (broad SMARTS) is 2. The molecule has 8 rings (SSSR count). The van der Waals surface area contributed by atoms with Crippen molar-refractivity contribution in [3.05, 3.63) is 192 Å². The summed E-state index contributed by atoms with van der Waals surface area (Å²) in [7, 11) is 0. The van der Waals surface area contributed by atoms with Crippen molar-refractivity contribution in [2.24, 2.45) is 0 Å². The molecule has 0 aromatic heterocycles. The molecule has 0 atom stereocenters. The number of anilines is 4. The van der Waals surface area contributed by atoms with Gasteiger partial charge in [0.1, 0.15) is 0 Å². The third kappa shape index (κ3) is 17.4. The Bertz CT molecular complexity index is 2140. The molecule has 0 radical (unpaired) electrons. The SMILES string of the molecule is CC(=O)O.CC(=O)O.Cc1cc(C)c(N2C=CN(CN3C=CN(c4c(C)cc(C)cc4C)[CH-]3)[CH-]2)c(C)c1.Cc1cc(C)c(N2C=CN(CN3C=CN(c4c(C)cc(C)cc4C)[CH-]3)[CH-]2)c(C)c1.[Br][Pt+2][Br].[Pt+2]. The van der Waals surface area contributed by atoms with Gasteiger partial charge in [0.05, 0.1) is 0 Å². The number of hydrogen-bond acceptors (Lipinski definition) is 10. The normalized spacial score (nSPS) is 14.2.